The van der Waals surface area contributed by atoms with Crippen molar-refractivity contribution >= 4 is 22.7 Å². The first-order valence-electron chi connectivity index (χ1n) is 6.80. The maximum Gasteiger partial charge on any atom is 0.305 e. The zero-order valence-electron chi connectivity index (χ0n) is 12.0. The first kappa shape index (κ1) is 15.9. The molecule has 1 atom stereocenters. The summed E-state index contributed by atoms with van der Waals surface area (Å²) in [6.07, 6.45) is -2.02. The quantitative estimate of drug-likeness (QED) is 0.836. The summed E-state index contributed by atoms with van der Waals surface area (Å²) in [5, 5.41) is 18.4. The number of ketones is 1. The Labute approximate surface area is 126 Å². The number of aliphatic carboxylic acids is 1. The van der Waals surface area contributed by atoms with Gasteiger partial charge in [-0.1, -0.05) is 12.1 Å². The molecule has 116 valence electrons. The lowest BCUT2D eigenvalue weighted by Gasteiger charge is -2.08. The van der Waals surface area contributed by atoms with Crippen LogP contribution in [0.2, 0.25) is 0 Å². The lowest BCUT2D eigenvalue weighted by atomic mass is 10.00. The smallest absolute Gasteiger partial charge is 0.305 e. The second-order valence-electron chi connectivity index (χ2n) is 5.18. The Morgan fingerprint density at radius 1 is 1.27 bits per heavy atom. The molecule has 0 spiro atoms. The van der Waals surface area contributed by atoms with Crippen molar-refractivity contribution in [3.05, 3.63) is 45.8 Å². The summed E-state index contributed by atoms with van der Waals surface area (Å²) >= 11 is 0. The Bertz CT molecular complexity index is 774. The van der Waals surface area contributed by atoms with Crippen LogP contribution in [0.5, 0.6) is 0 Å². The highest BCUT2D eigenvalue weighted by Crippen LogP contribution is 2.18. The fourth-order valence-electron chi connectivity index (χ4n) is 2.37. The molecule has 1 unspecified atom stereocenters. The van der Waals surface area contributed by atoms with E-state index in [0.29, 0.717) is 22.3 Å². The number of Topliss-reactive ketones (excluding diaryl/α,β-unsaturated/α-hetero) is 1. The summed E-state index contributed by atoms with van der Waals surface area (Å²) in [6, 6.07) is 6.34. The van der Waals surface area contributed by atoms with Crippen molar-refractivity contribution in [2.24, 2.45) is 0 Å². The molecular weight excluding hydrogens is 288 g/mol. The van der Waals surface area contributed by atoms with Gasteiger partial charge in [-0.15, -0.1) is 0 Å². The molecule has 0 aliphatic heterocycles. The fourth-order valence-corrected chi connectivity index (χ4v) is 2.37. The Morgan fingerprint density at radius 3 is 2.68 bits per heavy atom. The van der Waals surface area contributed by atoms with Gasteiger partial charge in [0.15, 0.2) is 5.43 Å². The van der Waals surface area contributed by atoms with Gasteiger partial charge in [-0.3, -0.25) is 14.4 Å². The van der Waals surface area contributed by atoms with E-state index >= 15 is 0 Å². The first-order chi connectivity index (χ1) is 10.4. The molecule has 0 aliphatic carbocycles. The van der Waals surface area contributed by atoms with Gasteiger partial charge in [-0.05, 0) is 18.6 Å². The van der Waals surface area contributed by atoms with Gasteiger partial charge in [0.05, 0.1) is 17.9 Å². The van der Waals surface area contributed by atoms with Crippen LogP contribution in [-0.4, -0.2) is 28.1 Å². The van der Waals surface area contributed by atoms with Crippen LogP contribution in [0.4, 0.5) is 0 Å². The summed E-state index contributed by atoms with van der Waals surface area (Å²) in [5.41, 5.74) is 0.688. The molecule has 2 N–H and O–H groups in total. The Kier molecular flexibility index (Phi) is 4.72. The molecule has 2 rings (SSSR count). The molecule has 0 radical (unpaired) electrons. The standard InChI is InChI=1S/C16H16O6/c1-9-5-13(19)16-10(3-2-4-14(16)22-9)6-11(17)7-12(18)8-15(20)21/h2-5,12,18H,6-8H2,1H3,(H,20,21). The van der Waals surface area contributed by atoms with E-state index in [1.54, 1.807) is 25.1 Å². The number of carboxylic acid groups (broad SMARTS) is 1. The van der Waals surface area contributed by atoms with E-state index in [4.69, 9.17) is 9.52 Å². The maximum absolute atomic E-state index is 12.1. The summed E-state index contributed by atoms with van der Waals surface area (Å²) in [4.78, 5) is 34.5. The van der Waals surface area contributed by atoms with Crippen molar-refractivity contribution < 1.29 is 24.2 Å². The molecule has 1 heterocycles. The van der Waals surface area contributed by atoms with Crippen molar-refractivity contribution in [2.45, 2.75) is 32.3 Å². The number of hydrogen-bond acceptors (Lipinski definition) is 5. The summed E-state index contributed by atoms with van der Waals surface area (Å²) in [7, 11) is 0. The van der Waals surface area contributed by atoms with Crippen molar-refractivity contribution in [2.75, 3.05) is 0 Å². The van der Waals surface area contributed by atoms with Crippen LogP contribution < -0.4 is 5.43 Å². The molecular formula is C16H16O6. The second-order valence-corrected chi connectivity index (χ2v) is 5.18. The molecule has 6 nitrogen and oxygen atoms in total. The number of rotatable bonds is 6. The fraction of sp³-hybridized carbons (Fsp3) is 0.312. The number of carbonyl (C=O) groups is 2. The van der Waals surface area contributed by atoms with Crippen LogP contribution in [0, 0.1) is 6.92 Å². The highest BCUT2D eigenvalue weighted by Gasteiger charge is 2.16. The molecule has 0 bridgehead atoms. The van der Waals surface area contributed by atoms with Crippen LogP contribution in [0.1, 0.15) is 24.2 Å². The van der Waals surface area contributed by atoms with Crippen LogP contribution in [0.25, 0.3) is 11.0 Å². The van der Waals surface area contributed by atoms with E-state index in [9.17, 15) is 19.5 Å². The normalized spacial score (nSPS) is 12.3. The Balaban J connectivity index is 2.23. The third-order valence-electron chi connectivity index (χ3n) is 3.23. The third-order valence-corrected chi connectivity index (χ3v) is 3.23. The summed E-state index contributed by atoms with van der Waals surface area (Å²) in [5.74, 6) is -1.01. The largest absolute Gasteiger partial charge is 0.481 e. The number of aliphatic hydroxyl groups excluding tert-OH is 1. The highest BCUT2D eigenvalue weighted by atomic mass is 16.4. The number of fused-ring (bicyclic) bond motifs is 1. The predicted octanol–water partition coefficient (Wildman–Crippen LogP) is 1.44. The van der Waals surface area contributed by atoms with Crippen molar-refractivity contribution in [1.29, 1.82) is 0 Å². The Hall–Kier alpha value is -2.47. The van der Waals surface area contributed by atoms with E-state index in [-0.39, 0.29) is 24.1 Å². The number of aryl methyl sites for hydroxylation is 1. The predicted molar refractivity (Wildman–Crippen MR) is 78.8 cm³/mol. The number of carboxylic acids is 1. The molecule has 0 amide bonds. The van der Waals surface area contributed by atoms with Crippen LogP contribution in [0.3, 0.4) is 0 Å². The maximum atomic E-state index is 12.1. The lowest BCUT2D eigenvalue weighted by Crippen LogP contribution is -2.19. The zero-order chi connectivity index (χ0) is 16.3. The Morgan fingerprint density at radius 2 is 2.00 bits per heavy atom. The van der Waals surface area contributed by atoms with Gasteiger partial charge in [-0.2, -0.15) is 0 Å². The van der Waals surface area contributed by atoms with E-state index < -0.39 is 18.5 Å². The van der Waals surface area contributed by atoms with Crippen LogP contribution in [-0.2, 0) is 16.0 Å². The van der Waals surface area contributed by atoms with Crippen LogP contribution in [0.15, 0.2) is 33.5 Å². The molecule has 6 heteroatoms. The average Bonchev–Trinajstić information content (AvgIpc) is 2.36. The number of benzene rings is 1. The van der Waals surface area contributed by atoms with Crippen LogP contribution >= 0.6 is 0 Å². The van der Waals surface area contributed by atoms with Gasteiger partial charge >= 0.3 is 5.97 Å². The summed E-state index contributed by atoms with van der Waals surface area (Å²) in [6.45, 7) is 1.67. The van der Waals surface area contributed by atoms with Gasteiger partial charge in [0.2, 0.25) is 0 Å². The average molecular weight is 304 g/mol. The highest BCUT2D eigenvalue weighted by molar-refractivity contribution is 5.88. The SMILES string of the molecule is Cc1cc(=O)c2c(CC(=O)CC(O)CC(=O)O)cccc2o1. The molecule has 22 heavy (non-hydrogen) atoms. The minimum Gasteiger partial charge on any atom is -0.481 e. The molecule has 2 aromatic rings. The summed E-state index contributed by atoms with van der Waals surface area (Å²) < 4.78 is 5.46. The minimum absolute atomic E-state index is 0.0537. The van der Waals surface area contributed by atoms with E-state index in [2.05, 4.69) is 0 Å². The van der Waals surface area contributed by atoms with E-state index in [0.717, 1.165) is 0 Å². The lowest BCUT2D eigenvalue weighted by molar-refractivity contribution is -0.139. The van der Waals surface area contributed by atoms with Crippen molar-refractivity contribution in [3.8, 4) is 0 Å². The minimum atomic E-state index is -1.22. The molecule has 1 aromatic heterocycles. The second kappa shape index (κ2) is 6.53. The first-order valence-corrected chi connectivity index (χ1v) is 6.80. The van der Waals surface area contributed by atoms with Gasteiger partial charge in [0.25, 0.3) is 0 Å². The topological polar surface area (TPSA) is 105 Å². The third kappa shape index (κ3) is 3.79. The van der Waals surface area contributed by atoms with Gasteiger partial charge < -0.3 is 14.6 Å². The molecule has 0 saturated heterocycles. The number of aliphatic hydroxyl groups is 1. The molecule has 0 saturated carbocycles. The molecule has 0 aliphatic rings. The monoisotopic (exact) mass is 304 g/mol. The number of carbonyl (C=O) groups excluding carboxylic acids is 1. The van der Waals surface area contributed by atoms with E-state index in [1.807, 2.05) is 0 Å². The van der Waals surface area contributed by atoms with Crippen molar-refractivity contribution in [3.63, 3.8) is 0 Å². The number of hydrogen-bond donors (Lipinski definition) is 2. The van der Waals surface area contributed by atoms with Gasteiger partial charge in [-0.25, -0.2) is 0 Å². The zero-order valence-corrected chi connectivity index (χ0v) is 12.0. The molecule has 1 aromatic carbocycles. The van der Waals surface area contributed by atoms with Gasteiger partial charge in [0, 0.05) is 18.9 Å². The van der Waals surface area contributed by atoms with E-state index in [1.165, 1.54) is 6.07 Å². The van der Waals surface area contributed by atoms with Gasteiger partial charge in [0.1, 0.15) is 17.1 Å². The van der Waals surface area contributed by atoms with Crippen molar-refractivity contribution in [1.82, 2.24) is 0 Å². The molecule has 0 fully saturated rings.